The fraction of sp³-hybridized carbons (Fsp3) is 0.697. The summed E-state index contributed by atoms with van der Waals surface area (Å²) >= 11 is 6.56. The Kier molecular flexibility index (Phi) is 11.9. The fourth-order valence-electron chi connectivity index (χ4n) is 6.98. The number of halogens is 1. The van der Waals surface area contributed by atoms with E-state index in [2.05, 4.69) is 0 Å². The number of nitrogens with zero attached hydrogens (tertiary/aromatic N) is 2. The van der Waals surface area contributed by atoms with Crippen molar-refractivity contribution in [2.24, 2.45) is 17.3 Å². The van der Waals surface area contributed by atoms with Gasteiger partial charge in [-0.25, -0.2) is 0 Å². The Morgan fingerprint density at radius 1 is 1.07 bits per heavy atom. The van der Waals surface area contributed by atoms with Gasteiger partial charge < -0.3 is 33.9 Å². The Morgan fingerprint density at radius 2 is 1.78 bits per heavy atom. The van der Waals surface area contributed by atoms with Crippen molar-refractivity contribution in [3.63, 3.8) is 0 Å². The number of hydrogen-bond acceptors (Lipinski definition) is 8. The number of carboxylic acids is 1. The Morgan fingerprint density at radius 3 is 2.40 bits per heavy atom. The van der Waals surface area contributed by atoms with Crippen molar-refractivity contribution in [3.8, 4) is 0 Å². The van der Waals surface area contributed by atoms with Crippen molar-refractivity contribution in [2.45, 2.75) is 90.1 Å². The zero-order chi connectivity index (χ0) is 32.9. The largest absolute Gasteiger partial charge is 0.481 e. The molecule has 0 aromatic heterocycles. The molecule has 0 radical (unpaired) electrons. The predicted molar refractivity (Wildman–Crippen MR) is 167 cm³/mol. The highest BCUT2D eigenvalue weighted by atomic mass is 35.5. The number of benzene rings is 1. The van der Waals surface area contributed by atoms with E-state index >= 15 is 0 Å². The molecule has 12 heteroatoms. The lowest BCUT2D eigenvalue weighted by molar-refractivity contribution is -0.159. The van der Waals surface area contributed by atoms with Crippen molar-refractivity contribution in [3.05, 3.63) is 28.8 Å². The number of fused-ring (bicyclic) bond motifs is 1. The number of likely N-dealkylation sites (tertiary alicyclic amines) is 1. The lowest BCUT2D eigenvalue weighted by Gasteiger charge is -2.41. The molecule has 1 saturated heterocycles. The van der Waals surface area contributed by atoms with E-state index in [0.29, 0.717) is 36.6 Å². The topological polar surface area (TPSA) is 132 Å². The van der Waals surface area contributed by atoms with Gasteiger partial charge in [0.2, 0.25) is 5.91 Å². The van der Waals surface area contributed by atoms with E-state index in [1.165, 1.54) is 6.92 Å². The molecular formula is C33H47ClN2O9. The molecule has 0 bridgehead atoms. The average molecular weight is 651 g/mol. The smallest absolute Gasteiger partial charge is 0.303 e. The maximum absolute atomic E-state index is 14.5. The summed E-state index contributed by atoms with van der Waals surface area (Å²) in [5.41, 5.74) is 0.733. The van der Waals surface area contributed by atoms with Gasteiger partial charge in [0.05, 0.1) is 31.3 Å². The molecule has 3 aliphatic rings. The van der Waals surface area contributed by atoms with Crippen LogP contribution in [0.3, 0.4) is 0 Å². The molecule has 1 saturated carbocycles. The van der Waals surface area contributed by atoms with Crippen LogP contribution in [-0.4, -0.2) is 92.5 Å². The van der Waals surface area contributed by atoms with Crippen LogP contribution in [0.2, 0.25) is 5.02 Å². The molecular weight excluding hydrogens is 604 g/mol. The SMILES string of the molecule is COC1CCCC([C@H]2O[C@H](CC(=O)N3CCC(CC(=O)O)CC3)C(=O)N(CC(C)(C)COC(C)=O)c3ccc(Cl)cc32)C1OC. The van der Waals surface area contributed by atoms with Crippen molar-refractivity contribution in [1.82, 2.24) is 4.90 Å². The van der Waals surface area contributed by atoms with E-state index in [1.54, 1.807) is 30.1 Å². The highest BCUT2D eigenvalue weighted by Gasteiger charge is 2.46. The summed E-state index contributed by atoms with van der Waals surface area (Å²) < 4.78 is 23.9. The lowest BCUT2D eigenvalue weighted by Crippen LogP contribution is -2.48. The summed E-state index contributed by atoms with van der Waals surface area (Å²) in [6.07, 6.45) is 1.37. The van der Waals surface area contributed by atoms with Gasteiger partial charge in [-0.2, -0.15) is 0 Å². The summed E-state index contributed by atoms with van der Waals surface area (Å²) in [4.78, 5) is 54.3. The number of ether oxygens (including phenoxy) is 4. The molecule has 2 fully saturated rings. The molecule has 1 aromatic rings. The van der Waals surface area contributed by atoms with E-state index in [0.717, 1.165) is 24.8 Å². The molecule has 0 spiro atoms. The summed E-state index contributed by atoms with van der Waals surface area (Å²) in [6, 6.07) is 5.36. The van der Waals surface area contributed by atoms with E-state index in [-0.39, 0.29) is 61.9 Å². The van der Waals surface area contributed by atoms with Gasteiger partial charge in [-0.3, -0.25) is 19.2 Å². The van der Waals surface area contributed by atoms with Gasteiger partial charge in [0, 0.05) is 74.8 Å². The van der Waals surface area contributed by atoms with Crippen LogP contribution in [0, 0.1) is 17.3 Å². The molecule has 1 aromatic carbocycles. The molecule has 2 aliphatic heterocycles. The molecule has 11 nitrogen and oxygen atoms in total. The number of anilines is 1. The Hall–Kier alpha value is -2.73. The normalized spacial score (nSPS) is 26.3. The van der Waals surface area contributed by atoms with Gasteiger partial charge in [0.25, 0.3) is 5.91 Å². The van der Waals surface area contributed by atoms with Crippen LogP contribution in [0.5, 0.6) is 0 Å². The highest BCUT2D eigenvalue weighted by molar-refractivity contribution is 6.30. The number of hydrogen-bond donors (Lipinski definition) is 1. The third-order valence-electron chi connectivity index (χ3n) is 9.26. The second kappa shape index (κ2) is 15.2. The number of esters is 1. The second-order valence-corrected chi connectivity index (χ2v) is 13.7. The zero-order valence-electron chi connectivity index (χ0n) is 27.0. The first-order valence-electron chi connectivity index (χ1n) is 15.8. The third kappa shape index (κ3) is 8.75. The minimum Gasteiger partial charge on any atom is -0.481 e. The minimum atomic E-state index is -1.10. The van der Waals surface area contributed by atoms with Gasteiger partial charge in [-0.05, 0) is 49.8 Å². The number of carbonyl (C=O) groups is 4. The van der Waals surface area contributed by atoms with E-state index < -0.39 is 29.6 Å². The molecule has 2 amide bonds. The predicted octanol–water partition coefficient (Wildman–Crippen LogP) is 4.64. The van der Waals surface area contributed by atoms with Crippen LogP contribution in [0.25, 0.3) is 0 Å². The third-order valence-corrected chi connectivity index (χ3v) is 9.50. The van der Waals surface area contributed by atoms with Crippen LogP contribution in [0.4, 0.5) is 5.69 Å². The standard InChI is InChI=1S/C33H47ClN2O9/c1-20(37)44-19-33(2,3)18-36-25-10-9-22(34)16-24(25)30(23-7-6-8-26(42-4)31(23)43-5)45-27(32(36)41)17-28(38)35-13-11-21(12-14-35)15-29(39)40/h9-10,16,21,23,26-27,30-31H,6-8,11-15,17-19H2,1-5H3,(H,39,40)/t23?,26?,27-,30-,31?/m1/s1. The zero-order valence-corrected chi connectivity index (χ0v) is 27.7. The average Bonchev–Trinajstić information content (AvgIpc) is 3.09. The molecule has 1 aliphatic carbocycles. The number of aliphatic carboxylic acids is 1. The van der Waals surface area contributed by atoms with Gasteiger partial charge >= 0.3 is 11.9 Å². The van der Waals surface area contributed by atoms with Crippen LogP contribution in [0.1, 0.15) is 77.4 Å². The first kappa shape index (κ1) is 35.1. The fourth-order valence-corrected chi connectivity index (χ4v) is 7.16. The Bertz CT molecular complexity index is 1230. The molecule has 2 heterocycles. The molecule has 1 N–H and O–H groups in total. The minimum absolute atomic E-state index is 0.0203. The Balaban J connectivity index is 1.70. The van der Waals surface area contributed by atoms with Gasteiger partial charge in [-0.1, -0.05) is 31.9 Å². The molecule has 3 unspecified atom stereocenters. The monoisotopic (exact) mass is 650 g/mol. The summed E-state index contributed by atoms with van der Waals surface area (Å²) in [5, 5.41) is 9.67. The number of rotatable bonds is 11. The quantitative estimate of drug-likeness (QED) is 0.340. The maximum Gasteiger partial charge on any atom is 0.303 e. The summed E-state index contributed by atoms with van der Waals surface area (Å²) in [6.45, 7) is 6.33. The lowest BCUT2D eigenvalue weighted by atomic mass is 9.78. The van der Waals surface area contributed by atoms with E-state index in [1.807, 2.05) is 26.0 Å². The summed E-state index contributed by atoms with van der Waals surface area (Å²) in [5.74, 6) is -1.99. The molecule has 5 atom stereocenters. The van der Waals surface area contributed by atoms with Gasteiger partial charge in [0.1, 0.15) is 6.10 Å². The number of piperidine rings is 1. The van der Waals surface area contributed by atoms with Crippen LogP contribution >= 0.6 is 11.6 Å². The van der Waals surface area contributed by atoms with Crippen molar-refractivity contribution in [1.29, 1.82) is 0 Å². The van der Waals surface area contributed by atoms with E-state index in [9.17, 15) is 24.3 Å². The second-order valence-electron chi connectivity index (χ2n) is 13.3. The van der Waals surface area contributed by atoms with Crippen LogP contribution in [0.15, 0.2) is 18.2 Å². The van der Waals surface area contributed by atoms with Crippen molar-refractivity contribution < 1.29 is 43.2 Å². The first-order valence-corrected chi connectivity index (χ1v) is 16.2. The van der Waals surface area contributed by atoms with Gasteiger partial charge in [0.15, 0.2) is 0 Å². The number of carboxylic acid groups (broad SMARTS) is 1. The van der Waals surface area contributed by atoms with Crippen molar-refractivity contribution >= 4 is 41.0 Å². The number of amides is 2. The Labute approximate surface area is 270 Å². The van der Waals surface area contributed by atoms with Crippen LogP contribution in [-0.2, 0) is 38.1 Å². The van der Waals surface area contributed by atoms with Crippen molar-refractivity contribution in [2.75, 3.05) is 45.4 Å². The molecule has 250 valence electrons. The first-order chi connectivity index (χ1) is 21.3. The van der Waals surface area contributed by atoms with E-state index in [4.69, 9.17) is 30.5 Å². The number of methoxy groups -OCH3 is 2. The number of carbonyl (C=O) groups excluding carboxylic acids is 3. The maximum atomic E-state index is 14.5. The summed E-state index contributed by atoms with van der Waals surface area (Å²) in [7, 11) is 3.31. The van der Waals surface area contributed by atoms with Crippen LogP contribution < -0.4 is 4.90 Å². The highest BCUT2D eigenvalue weighted by Crippen LogP contribution is 2.46. The van der Waals surface area contributed by atoms with Gasteiger partial charge in [-0.15, -0.1) is 0 Å². The molecule has 45 heavy (non-hydrogen) atoms. The molecule has 4 rings (SSSR count).